The minimum absolute atomic E-state index is 0.00196. The minimum Gasteiger partial charge on any atom is -0.464 e. The van der Waals surface area contributed by atoms with E-state index in [1.165, 1.54) is 0 Å². The third-order valence-corrected chi connectivity index (χ3v) is 3.52. The summed E-state index contributed by atoms with van der Waals surface area (Å²) in [5.41, 5.74) is -1.55. The number of esters is 1. The molecule has 0 aromatic rings. The van der Waals surface area contributed by atoms with Gasteiger partial charge in [-0.15, -0.1) is 0 Å². The number of aldehydes is 1. The zero-order valence-corrected chi connectivity index (χ0v) is 17.1. The number of amides is 2. The first-order chi connectivity index (χ1) is 12.3. The lowest BCUT2D eigenvalue weighted by molar-refractivity contribution is -0.155. The molecule has 2 amide bonds. The van der Waals surface area contributed by atoms with Crippen molar-refractivity contribution in [2.45, 2.75) is 71.8 Å². The third kappa shape index (κ3) is 6.41. The molecule has 0 aromatic carbocycles. The van der Waals surface area contributed by atoms with Crippen LogP contribution in [0.3, 0.4) is 0 Å². The number of carbonyl (C=O) groups excluding carboxylic acids is 4. The van der Waals surface area contributed by atoms with Gasteiger partial charge in [0, 0.05) is 13.1 Å². The highest BCUT2D eigenvalue weighted by molar-refractivity contribution is 5.88. The van der Waals surface area contributed by atoms with E-state index in [2.05, 4.69) is 0 Å². The van der Waals surface area contributed by atoms with Gasteiger partial charge in [0.2, 0.25) is 0 Å². The van der Waals surface area contributed by atoms with Crippen molar-refractivity contribution < 1.29 is 33.4 Å². The molecule has 0 N–H and O–H groups in total. The van der Waals surface area contributed by atoms with Gasteiger partial charge < -0.3 is 19.0 Å². The number of piperazine rings is 1. The molecule has 2 unspecified atom stereocenters. The van der Waals surface area contributed by atoms with E-state index in [0.717, 1.165) is 9.80 Å². The van der Waals surface area contributed by atoms with Crippen molar-refractivity contribution >= 4 is 24.4 Å². The Bertz CT molecular complexity index is 577. The average molecular weight is 386 g/mol. The van der Waals surface area contributed by atoms with Crippen LogP contribution >= 0.6 is 0 Å². The zero-order chi connectivity index (χ0) is 21.0. The van der Waals surface area contributed by atoms with Crippen LogP contribution < -0.4 is 0 Å². The molecule has 0 spiro atoms. The van der Waals surface area contributed by atoms with Gasteiger partial charge in [-0.3, -0.25) is 9.80 Å². The molecular weight excluding hydrogens is 356 g/mol. The number of ether oxygens (including phenoxy) is 3. The molecule has 0 aliphatic carbocycles. The standard InChI is InChI=1S/C18H30N2O7/c1-8-25-14(22)13-12(11-21)19(15(23)26-17(2,3)4)9-10-20(13)16(24)27-18(5,6)7/h11-13H,8-10H2,1-7H3. The van der Waals surface area contributed by atoms with Crippen LogP contribution in [0.5, 0.6) is 0 Å². The van der Waals surface area contributed by atoms with Crippen LogP contribution in [0.1, 0.15) is 48.5 Å². The fraction of sp³-hybridized carbons (Fsp3) is 0.778. The lowest BCUT2D eigenvalue weighted by Gasteiger charge is -2.43. The van der Waals surface area contributed by atoms with E-state index >= 15 is 0 Å². The van der Waals surface area contributed by atoms with E-state index in [-0.39, 0.29) is 19.7 Å². The van der Waals surface area contributed by atoms with E-state index in [0.29, 0.717) is 6.29 Å². The molecule has 154 valence electrons. The summed E-state index contributed by atoms with van der Waals surface area (Å²) in [6, 6.07) is -2.54. The van der Waals surface area contributed by atoms with Gasteiger partial charge in [-0.05, 0) is 48.5 Å². The van der Waals surface area contributed by atoms with Gasteiger partial charge in [0.1, 0.15) is 23.5 Å². The van der Waals surface area contributed by atoms with Gasteiger partial charge in [0.15, 0.2) is 6.04 Å². The second-order valence-corrected chi connectivity index (χ2v) is 8.17. The predicted molar refractivity (Wildman–Crippen MR) is 96.2 cm³/mol. The van der Waals surface area contributed by atoms with Crippen LogP contribution in [0.4, 0.5) is 9.59 Å². The molecule has 27 heavy (non-hydrogen) atoms. The van der Waals surface area contributed by atoms with E-state index in [4.69, 9.17) is 14.2 Å². The minimum atomic E-state index is -1.31. The molecule has 1 aliphatic rings. The smallest absolute Gasteiger partial charge is 0.411 e. The molecule has 0 saturated carbocycles. The maximum atomic E-state index is 12.5. The lowest BCUT2D eigenvalue weighted by atomic mass is 10.0. The molecule has 1 rings (SSSR count). The van der Waals surface area contributed by atoms with Crippen LogP contribution in [0, 0.1) is 0 Å². The summed E-state index contributed by atoms with van der Waals surface area (Å²) in [7, 11) is 0. The Morgan fingerprint density at radius 3 is 1.78 bits per heavy atom. The zero-order valence-electron chi connectivity index (χ0n) is 17.1. The molecule has 0 bridgehead atoms. The molecule has 1 heterocycles. The van der Waals surface area contributed by atoms with Crippen LogP contribution in [-0.2, 0) is 23.8 Å². The van der Waals surface area contributed by atoms with Crippen molar-refractivity contribution in [2.75, 3.05) is 19.7 Å². The van der Waals surface area contributed by atoms with Gasteiger partial charge in [-0.1, -0.05) is 0 Å². The largest absolute Gasteiger partial charge is 0.464 e. The normalized spacial score (nSPS) is 20.7. The fourth-order valence-corrected chi connectivity index (χ4v) is 2.56. The van der Waals surface area contributed by atoms with Crippen molar-refractivity contribution in [1.29, 1.82) is 0 Å². The van der Waals surface area contributed by atoms with E-state index in [9.17, 15) is 19.2 Å². The Kier molecular flexibility index (Phi) is 7.22. The lowest BCUT2D eigenvalue weighted by Crippen LogP contribution is -2.66. The third-order valence-electron chi connectivity index (χ3n) is 3.52. The molecule has 0 radical (unpaired) electrons. The predicted octanol–water partition coefficient (Wildman–Crippen LogP) is 1.97. The second kappa shape index (κ2) is 8.58. The van der Waals surface area contributed by atoms with Gasteiger partial charge in [0.05, 0.1) is 6.61 Å². The summed E-state index contributed by atoms with van der Waals surface area (Å²) < 4.78 is 15.7. The highest BCUT2D eigenvalue weighted by Crippen LogP contribution is 2.23. The number of rotatable bonds is 3. The fourth-order valence-electron chi connectivity index (χ4n) is 2.56. The topological polar surface area (TPSA) is 102 Å². The molecule has 1 aliphatic heterocycles. The van der Waals surface area contributed by atoms with Crippen molar-refractivity contribution in [1.82, 2.24) is 9.80 Å². The highest BCUT2D eigenvalue weighted by Gasteiger charge is 2.48. The number of carbonyl (C=O) groups is 4. The Balaban J connectivity index is 3.17. The first-order valence-electron chi connectivity index (χ1n) is 8.92. The molecule has 9 nitrogen and oxygen atoms in total. The van der Waals surface area contributed by atoms with Crippen LogP contribution in [-0.4, -0.2) is 77.2 Å². The monoisotopic (exact) mass is 386 g/mol. The van der Waals surface area contributed by atoms with Gasteiger partial charge >= 0.3 is 18.2 Å². The summed E-state index contributed by atoms with van der Waals surface area (Å²) in [5.74, 6) is -0.784. The SMILES string of the molecule is CCOC(=O)C1C(C=O)N(C(=O)OC(C)(C)C)CCN1C(=O)OC(C)(C)C. The maximum Gasteiger partial charge on any atom is 0.411 e. The van der Waals surface area contributed by atoms with Crippen molar-refractivity contribution in [3.63, 3.8) is 0 Å². The second-order valence-electron chi connectivity index (χ2n) is 8.17. The van der Waals surface area contributed by atoms with Crippen molar-refractivity contribution in [2.24, 2.45) is 0 Å². The maximum absolute atomic E-state index is 12.5. The Morgan fingerprint density at radius 1 is 0.926 bits per heavy atom. The molecular formula is C18H30N2O7. The van der Waals surface area contributed by atoms with Crippen molar-refractivity contribution in [3.05, 3.63) is 0 Å². The van der Waals surface area contributed by atoms with Crippen molar-refractivity contribution in [3.8, 4) is 0 Å². The number of nitrogens with zero attached hydrogens (tertiary/aromatic N) is 2. The molecule has 0 aromatic heterocycles. The molecule has 1 saturated heterocycles. The molecule has 9 heteroatoms. The van der Waals surface area contributed by atoms with Crippen LogP contribution in [0.25, 0.3) is 0 Å². The Morgan fingerprint density at radius 2 is 1.37 bits per heavy atom. The van der Waals surface area contributed by atoms with E-state index < -0.39 is 41.4 Å². The molecule has 2 atom stereocenters. The highest BCUT2D eigenvalue weighted by atomic mass is 16.6. The summed E-state index contributed by atoms with van der Waals surface area (Å²) in [4.78, 5) is 51.6. The van der Waals surface area contributed by atoms with E-state index in [1.54, 1.807) is 48.5 Å². The summed E-state index contributed by atoms with van der Waals surface area (Å²) in [5, 5.41) is 0. The van der Waals surface area contributed by atoms with E-state index in [1.807, 2.05) is 0 Å². The Labute approximate surface area is 159 Å². The quantitative estimate of drug-likeness (QED) is 0.415. The summed E-state index contributed by atoms with van der Waals surface area (Å²) in [6.07, 6.45) is -1.05. The van der Waals surface area contributed by atoms with Crippen LogP contribution in [0.15, 0.2) is 0 Å². The Hall–Kier alpha value is -2.32. The first kappa shape index (κ1) is 22.7. The average Bonchev–Trinajstić information content (AvgIpc) is 2.50. The van der Waals surface area contributed by atoms with Gasteiger partial charge in [-0.25, -0.2) is 14.4 Å². The van der Waals surface area contributed by atoms with Gasteiger partial charge in [-0.2, -0.15) is 0 Å². The van der Waals surface area contributed by atoms with Gasteiger partial charge in [0.25, 0.3) is 0 Å². The number of hydrogen-bond acceptors (Lipinski definition) is 7. The van der Waals surface area contributed by atoms with Crippen LogP contribution in [0.2, 0.25) is 0 Å². The summed E-state index contributed by atoms with van der Waals surface area (Å²) >= 11 is 0. The first-order valence-corrected chi connectivity index (χ1v) is 8.92. The summed E-state index contributed by atoms with van der Waals surface area (Å²) in [6.45, 7) is 11.9. The number of hydrogen-bond donors (Lipinski definition) is 0. The molecule has 1 fully saturated rings.